The molecule has 2 aromatic rings. The Bertz CT molecular complexity index is 826. The van der Waals surface area contributed by atoms with Crippen molar-refractivity contribution in [2.75, 3.05) is 11.9 Å². The van der Waals surface area contributed by atoms with Gasteiger partial charge in [-0.3, -0.25) is 0 Å². The summed E-state index contributed by atoms with van der Waals surface area (Å²) in [6.45, 7) is 7.18. The number of fused-ring (bicyclic) bond motifs is 1. The second kappa shape index (κ2) is 8.14. The second-order valence-corrected chi connectivity index (χ2v) is 7.17. The normalized spacial score (nSPS) is 15.2. The van der Waals surface area contributed by atoms with E-state index < -0.39 is 0 Å². The Labute approximate surface area is 164 Å². The molecule has 0 amide bonds. The Morgan fingerprint density at radius 2 is 2.19 bits per heavy atom. The molecular formula is C20H23ClN2O2S. The molecule has 2 aromatic carbocycles. The Morgan fingerprint density at radius 3 is 2.96 bits per heavy atom. The average Bonchev–Trinajstić information content (AvgIpc) is 2.96. The van der Waals surface area contributed by atoms with E-state index >= 15 is 0 Å². The van der Waals surface area contributed by atoms with Gasteiger partial charge < -0.3 is 20.1 Å². The zero-order valence-electron chi connectivity index (χ0n) is 15.2. The van der Waals surface area contributed by atoms with E-state index in [2.05, 4.69) is 23.6 Å². The van der Waals surface area contributed by atoms with E-state index in [-0.39, 0.29) is 6.10 Å². The number of rotatable bonds is 5. The van der Waals surface area contributed by atoms with Gasteiger partial charge >= 0.3 is 0 Å². The maximum absolute atomic E-state index is 6.16. The standard InChI is InChI=1S/C20H23ClN2O2S/c1-4-24-18-9-14-8-12(2)25-19(14)10-15(18)11-22-20(26)23-17-7-5-6-16(21)13(17)3/h5-7,9-10,12H,4,8,11H2,1-3H3,(H2,22,23,26)/t12-/m0/s1. The minimum absolute atomic E-state index is 0.205. The highest BCUT2D eigenvalue weighted by Crippen LogP contribution is 2.35. The van der Waals surface area contributed by atoms with Crippen LogP contribution in [0.2, 0.25) is 5.02 Å². The van der Waals surface area contributed by atoms with E-state index in [0.717, 1.165) is 34.7 Å². The summed E-state index contributed by atoms with van der Waals surface area (Å²) >= 11 is 11.6. The molecular weight excluding hydrogens is 368 g/mol. The molecule has 138 valence electrons. The lowest BCUT2D eigenvalue weighted by atomic mass is 10.1. The minimum atomic E-state index is 0.205. The van der Waals surface area contributed by atoms with Crippen LogP contribution in [0.5, 0.6) is 11.5 Å². The van der Waals surface area contributed by atoms with E-state index in [1.165, 1.54) is 5.56 Å². The van der Waals surface area contributed by atoms with Gasteiger partial charge in [-0.05, 0) is 62.8 Å². The van der Waals surface area contributed by atoms with Gasteiger partial charge in [0.2, 0.25) is 0 Å². The molecule has 0 saturated carbocycles. The summed E-state index contributed by atoms with van der Waals surface area (Å²) in [6.07, 6.45) is 1.12. The molecule has 2 N–H and O–H groups in total. The maximum Gasteiger partial charge on any atom is 0.171 e. The zero-order chi connectivity index (χ0) is 18.7. The highest BCUT2D eigenvalue weighted by molar-refractivity contribution is 7.80. The smallest absolute Gasteiger partial charge is 0.171 e. The molecule has 0 spiro atoms. The van der Waals surface area contributed by atoms with Crippen molar-refractivity contribution in [2.45, 2.75) is 39.8 Å². The SMILES string of the molecule is CCOc1cc2c(cc1CNC(=S)Nc1cccc(Cl)c1C)O[C@@H](C)C2. The van der Waals surface area contributed by atoms with Crippen molar-refractivity contribution in [1.29, 1.82) is 0 Å². The third-order valence-corrected chi connectivity index (χ3v) is 4.99. The third kappa shape index (κ3) is 4.22. The molecule has 0 fully saturated rings. The van der Waals surface area contributed by atoms with Crippen molar-refractivity contribution >= 4 is 34.6 Å². The summed E-state index contributed by atoms with van der Waals surface area (Å²) in [5, 5.41) is 7.68. The predicted molar refractivity (Wildman–Crippen MR) is 111 cm³/mol. The number of halogens is 1. The fourth-order valence-corrected chi connectivity index (χ4v) is 3.35. The van der Waals surface area contributed by atoms with Crippen LogP contribution in [0.25, 0.3) is 0 Å². The van der Waals surface area contributed by atoms with Crippen molar-refractivity contribution in [2.24, 2.45) is 0 Å². The van der Waals surface area contributed by atoms with E-state index in [0.29, 0.717) is 23.3 Å². The summed E-state index contributed by atoms with van der Waals surface area (Å²) in [5.41, 5.74) is 4.08. The number of thiocarbonyl (C=S) groups is 1. The molecule has 0 unspecified atom stereocenters. The summed E-state index contributed by atoms with van der Waals surface area (Å²) < 4.78 is 11.7. The van der Waals surface area contributed by atoms with Crippen molar-refractivity contribution in [1.82, 2.24) is 5.32 Å². The molecule has 1 heterocycles. The topological polar surface area (TPSA) is 42.5 Å². The van der Waals surface area contributed by atoms with Crippen LogP contribution in [0.15, 0.2) is 30.3 Å². The van der Waals surface area contributed by atoms with Gasteiger partial charge in [-0.25, -0.2) is 0 Å². The summed E-state index contributed by atoms with van der Waals surface area (Å²) in [6, 6.07) is 9.83. The number of hydrogen-bond donors (Lipinski definition) is 2. The Hall–Kier alpha value is -1.98. The minimum Gasteiger partial charge on any atom is -0.494 e. The predicted octanol–water partition coefficient (Wildman–Crippen LogP) is 4.86. The van der Waals surface area contributed by atoms with Crippen LogP contribution in [-0.4, -0.2) is 17.8 Å². The maximum atomic E-state index is 6.16. The van der Waals surface area contributed by atoms with Crippen LogP contribution in [0.1, 0.15) is 30.5 Å². The van der Waals surface area contributed by atoms with Crippen LogP contribution < -0.4 is 20.1 Å². The molecule has 0 aromatic heterocycles. The van der Waals surface area contributed by atoms with Crippen LogP contribution in [0.3, 0.4) is 0 Å². The Balaban J connectivity index is 1.70. The molecule has 6 heteroatoms. The van der Waals surface area contributed by atoms with Crippen molar-refractivity contribution in [3.05, 3.63) is 52.0 Å². The number of ether oxygens (including phenoxy) is 2. The van der Waals surface area contributed by atoms with E-state index in [9.17, 15) is 0 Å². The van der Waals surface area contributed by atoms with Crippen LogP contribution in [0, 0.1) is 6.92 Å². The zero-order valence-corrected chi connectivity index (χ0v) is 16.8. The van der Waals surface area contributed by atoms with Gasteiger partial charge in [-0.15, -0.1) is 0 Å². The highest BCUT2D eigenvalue weighted by atomic mass is 35.5. The van der Waals surface area contributed by atoms with Gasteiger partial charge in [0.1, 0.15) is 17.6 Å². The Morgan fingerprint density at radius 1 is 1.38 bits per heavy atom. The van der Waals surface area contributed by atoms with Crippen molar-refractivity contribution in [3.8, 4) is 11.5 Å². The molecule has 0 bridgehead atoms. The summed E-state index contributed by atoms with van der Waals surface area (Å²) in [7, 11) is 0. The second-order valence-electron chi connectivity index (χ2n) is 6.35. The molecule has 1 aliphatic heterocycles. The van der Waals surface area contributed by atoms with Gasteiger partial charge in [0.05, 0.1) is 6.61 Å². The summed E-state index contributed by atoms with van der Waals surface area (Å²) in [4.78, 5) is 0. The quantitative estimate of drug-likeness (QED) is 0.714. The van der Waals surface area contributed by atoms with Crippen molar-refractivity contribution in [3.63, 3.8) is 0 Å². The monoisotopic (exact) mass is 390 g/mol. The number of nitrogens with one attached hydrogen (secondary N) is 2. The number of benzene rings is 2. The molecule has 0 saturated heterocycles. The lowest BCUT2D eigenvalue weighted by Gasteiger charge is -2.16. The van der Waals surface area contributed by atoms with Crippen molar-refractivity contribution < 1.29 is 9.47 Å². The largest absolute Gasteiger partial charge is 0.494 e. The van der Waals surface area contributed by atoms with Gasteiger partial charge in [0.15, 0.2) is 5.11 Å². The fraction of sp³-hybridized carbons (Fsp3) is 0.350. The lowest BCUT2D eigenvalue weighted by Crippen LogP contribution is -2.28. The molecule has 3 rings (SSSR count). The van der Waals surface area contributed by atoms with Crippen LogP contribution in [0.4, 0.5) is 5.69 Å². The fourth-order valence-electron chi connectivity index (χ4n) is 2.99. The third-order valence-electron chi connectivity index (χ3n) is 4.33. The molecule has 1 aliphatic rings. The van der Waals surface area contributed by atoms with Crippen LogP contribution >= 0.6 is 23.8 Å². The van der Waals surface area contributed by atoms with E-state index in [4.69, 9.17) is 33.3 Å². The van der Waals surface area contributed by atoms with Gasteiger partial charge in [0.25, 0.3) is 0 Å². The van der Waals surface area contributed by atoms with Gasteiger partial charge in [-0.2, -0.15) is 0 Å². The first-order valence-electron chi connectivity index (χ1n) is 8.73. The van der Waals surface area contributed by atoms with E-state index in [1.807, 2.05) is 38.1 Å². The molecule has 0 radical (unpaired) electrons. The molecule has 26 heavy (non-hydrogen) atoms. The highest BCUT2D eigenvalue weighted by Gasteiger charge is 2.21. The first-order valence-corrected chi connectivity index (χ1v) is 9.51. The van der Waals surface area contributed by atoms with Gasteiger partial charge in [0, 0.05) is 34.8 Å². The van der Waals surface area contributed by atoms with E-state index in [1.54, 1.807) is 0 Å². The number of anilines is 1. The molecule has 4 nitrogen and oxygen atoms in total. The average molecular weight is 391 g/mol. The summed E-state index contributed by atoms with van der Waals surface area (Å²) in [5.74, 6) is 1.81. The lowest BCUT2D eigenvalue weighted by molar-refractivity contribution is 0.254. The molecule has 0 aliphatic carbocycles. The van der Waals surface area contributed by atoms with Crippen LogP contribution in [-0.2, 0) is 13.0 Å². The number of hydrogen-bond acceptors (Lipinski definition) is 3. The first-order chi connectivity index (χ1) is 12.5. The molecule has 1 atom stereocenters. The van der Waals surface area contributed by atoms with Gasteiger partial charge in [-0.1, -0.05) is 17.7 Å². The first kappa shape index (κ1) is 18.8. The Kier molecular flexibility index (Phi) is 5.89.